The van der Waals surface area contributed by atoms with Crippen molar-refractivity contribution in [2.24, 2.45) is 87.3 Å². The van der Waals surface area contributed by atoms with Crippen LogP contribution in [0.4, 0.5) is 0 Å². The molecule has 5 aliphatic rings. The summed E-state index contributed by atoms with van der Waals surface area (Å²) in [4.78, 5) is 0. The van der Waals surface area contributed by atoms with Crippen LogP contribution in [0.2, 0.25) is 0 Å². The average Bonchev–Trinajstić information content (AvgIpc) is 3.34. The molecule has 0 spiro atoms. The number of hydrogen-bond donors (Lipinski definition) is 0. The minimum Gasteiger partial charge on any atom is -0.0730 e. The topological polar surface area (TPSA) is 0 Å². The third kappa shape index (κ3) is 3.23. The highest BCUT2D eigenvalue weighted by molar-refractivity contribution is 5.31. The van der Waals surface area contributed by atoms with Crippen LogP contribution >= 0.6 is 0 Å². The van der Waals surface area contributed by atoms with Crippen molar-refractivity contribution in [3.63, 3.8) is 0 Å². The molecular weight excluding hydrogens is 432 g/mol. The number of hydrogen-bond acceptors (Lipinski definition) is 0. The van der Waals surface area contributed by atoms with E-state index in [0.29, 0.717) is 28.1 Å². The van der Waals surface area contributed by atoms with Gasteiger partial charge in [-0.15, -0.1) is 0 Å². The summed E-state index contributed by atoms with van der Waals surface area (Å²) >= 11 is 0. The summed E-state index contributed by atoms with van der Waals surface area (Å²) in [5, 5.41) is 0. The smallest absolute Gasteiger partial charge is 0.0164 e. The molecule has 4 saturated carbocycles. The molecule has 0 radical (unpaired) electrons. The highest BCUT2D eigenvalue weighted by Gasteiger charge is 2.71. The Labute approximate surface area is 226 Å². The van der Waals surface area contributed by atoms with Crippen molar-refractivity contribution in [1.29, 1.82) is 0 Å². The standard InChI is InChI=1S/C36H62/c1-20(2)31-21(3)19-34(10)27(9)35(11)24(6)30-18-17-29(28-15-13-14-16-28)22(4)32(30)23(5)33(35)26(8)36(34,12)25(31)7/h20,22-30,32-33H,13-19H2,1-12H3. The summed E-state index contributed by atoms with van der Waals surface area (Å²) in [6.07, 6.45) is 10.4. The maximum absolute atomic E-state index is 2.80. The van der Waals surface area contributed by atoms with E-state index in [1.165, 1.54) is 44.9 Å². The minimum atomic E-state index is 0.374. The predicted molar refractivity (Wildman–Crippen MR) is 157 cm³/mol. The summed E-state index contributed by atoms with van der Waals surface area (Å²) in [5.41, 5.74) is 4.74. The SMILES string of the molecule is CC1=C(C(C)C)C(C)C2(C)C(C)C3C(C)C4C(C)C(C5CCCC5)CCC4C(C)C3(C)C(C)C2(C)C1. The van der Waals surface area contributed by atoms with E-state index < -0.39 is 0 Å². The molecule has 0 amide bonds. The lowest BCUT2D eigenvalue weighted by Gasteiger charge is -2.75. The summed E-state index contributed by atoms with van der Waals surface area (Å²) in [5.74, 6) is 10.3. The number of allylic oxidation sites excluding steroid dienone is 2. The van der Waals surface area contributed by atoms with Gasteiger partial charge < -0.3 is 0 Å². The molecular formula is C36H62. The quantitative estimate of drug-likeness (QED) is 0.335. The van der Waals surface area contributed by atoms with Crippen molar-refractivity contribution in [2.45, 2.75) is 128 Å². The van der Waals surface area contributed by atoms with Crippen molar-refractivity contribution >= 4 is 0 Å². The van der Waals surface area contributed by atoms with Crippen LogP contribution in [0.15, 0.2) is 11.1 Å². The Balaban J connectivity index is 1.59. The molecule has 0 aromatic rings. The van der Waals surface area contributed by atoms with E-state index in [0.717, 1.165) is 59.2 Å². The zero-order valence-electron chi connectivity index (χ0n) is 26.4. The van der Waals surface area contributed by atoms with Crippen LogP contribution in [0, 0.1) is 87.3 Å². The third-order valence-corrected chi connectivity index (χ3v) is 15.8. The molecule has 13 unspecified atom stereocenters. The molecule has 36 heavy (non-hydrogen) atoms. The van der Waals surface area contributed by atoms with E-state index in [-0.39, 0.29) is 0 Å². The average molecular weight is 495 g/mol. The van der Waals surface area contributed by atoms with Crippen LogP contribution in [0.25, 0.3) is 0 Å². The zero-order valence-corrected chi connectivity index (χ0v) is 26.4. The summed E-state index contributed by atoms with van der Waals surface area (Å²) in [6.45, 7) is 32.1. The van der Waals surface area contributed by atoms with E-state index in [1.54, 1.807) is 11.1 Å². The van der Waals surface area contributed by atoms with Gasteiger partial charge in [0.15, 0.2) is 0 Å². The number of fused-ring (bicyclic) bond motifs is 3. The fourth-order valence-electron chi connectivity index (χ4n) is 13.9. The minimum absolute atomic E-state index is 0.374. The Kier molecular flexibility index (Phi) is 6.74. The van der Waals surface area contributed by atoms with Gasteiger partial charge in [0.2, 0.25) is 0 Å². The Morgan fingerprint density at radius 1 is 0.750 bits per heavy atom. The molecule has 206 valence electrons. The molecule has 0 aromatic carbocycles. The molecule has 0 aliphatic heterocycles. The van der Waals surface area contributed by atoms with E-state index in [1.807, 2.05) is 0 Å². The second-order valence-electron chi connectivity index (χ2n) is 16.4. The van der Waals surface area contributed by atoms with Crippen LogP contribution < -0.4 is 0 Å². The molecule has 0 heterocycles. The maximum Gasteiger partial charge on any atom is -0.0164 e. The Hall–Kier alpha value is -0.260. The Morgan fingerprint density at radius 3 is 1.92 bits per heavy atom. The van der Waals surface area contributed by atoms with Gasteiger partial charge in [0, 0.05) is 0 Å². The second kappa shape index (κ2) is 8.88. The van der Waals surface area contributed by atoms with Crippen LogP contribution in [0.3, 0.4) is 0 Å². The van der Waals surface area contributed by atoms with Gasteiger partial charge in [-0.1, -0.05) is 113 Å². The van der Waals surface area contributed by atoms with Crippen LogP contribution in [0.5, 0.6) is 0 Å². The first-order valence-corrected chi connectivity index (χ1v) is 16.4. The fourth-order valence-corrected chi connectivity index (χ4v) is 13.9. The van der Waals surface area contributed by atoms with Crippen LogP contribution in [-0.4, -0.2) is 0 Å². The summed E-state index contributed by atoms with van der Waals surface area (Å²) in [7, 11) is 0. The van der Waals surface area contributed by atoms with Gasteiger partial charge in [-0.3, -0.25) is 0 Å². The highest BCUT2D eigenvalue weighted by Crippen LogP contribution is 2.77. The third-order valence-electron chi connectivity index (χ3n) is 15.8. The van der Waals surface area contributed by atoms with Crippen molar-refractivity contribution < 1.29 is 0 Å². The Bertz CT molecular complexity index is 872. The predicted octanol–water partition coefficient (Wildman–Crippen LogP) is 10.7. The molecule has 0 saturated heterocycles. The van der Waals surface area contributed by atoms with Gasteiger partial charge in [0.05, 0.1) is 0 Å². The zero-order chi connectivity index (χ0) is 26.5. The van der Waals surface area contributed by atoms with Crippen molar-refractivity contribution in [3.8, 4) is 0 Å². The van der Waals surface area contributed by atoms with E-state index >= 15 is 0 Å². The van der Waals surface area contributed by atoms with Gasteiger partial charge in [-0.05, 0) is 113 Å². The van der Waals surface area contributed by atoms with Gasteiger partial charge in [0.1, 0.15) is 0 Å². The molecule has 5 aliphatic carbocycles. The lowest BCUT2D eigenvalue weighted by atomic mass is 9.29. The lowest BCUT2D eigenvalue weighted by Crippen LogP contribution is -2.70. The second-order valence-corrected chi connectivity index (χ2v) is 16.4. The van der Waals surface area contributed by atoms with Gasteiger partial charge >= 0.3 is 0 Å². The molecule has 0 N–H and O–H groups in total. The normalized spacial score (nSPS) is 55.9. The van der Waals surface area contributed by atoms with Crippen molar-refractivity contribution in [3.05, 3.63) is 11.1 Å². The summed E-state index contributed by atoms with van der Waals surface area (Å²) in [6, 6.07) is 0. The van der Waals surface area contributed by atoms with Gasteiger partial charge in [0.25, 0.3) is 0 Å². The van der Waals surface area contributed by atoms with E-state index in [4.69, 9.17) is 0 Å². The molecule has 0 aromatic heterocycles. The fraction of sp³-hybridized carbons (Fsp3) is 0.944. The van der Waals surface area contributed by atoms with Gasteiger partial charge in [-0.25, -0.2) is 0 Å². The number of rotatable bonds is 2. The first-order chi connectivity index (χ1) is 16.7. The highest BCUT2D eigenvalue weighted by atomic mass is 14.8. The lowest BCUT2D eigenvalue weighted by molar-refractivity contribution is -0.267. The van der Waals surface area contributed by atoms with Crippen LogP contribution in [-0.2, 0) is 0 Å². The molecule has 0 heteroatoms. The molecule has 5 rings (SSSR count). The van der Waals surface area contributed by atoms with Crippen molar-refractivity contribution in [1.82, 2.24) is 0 Å². The Morgan fingerprint density at radius 2 is 1.33 bits per heavy atom. The summed E-state index contributed by atoms with van der Waals surface area (Å²) < 4.78 is 0. The molecule has 13 atom stereocenters. The van der Waals surface area contributed by atoms with Gasteiger partial charge in [-0.2, -0.15) is 0 Å². The molecule has 0 bridgehead atoms. The molecule has 4 fully saturated rings. The molecule has 0 nitrogen and oxygen atoms in total. The first-order valence-electron chi connectivity index (χ1n) is 16.4. The van der Waals surface area contributed by atoms with E-state index in [9.17, 15) is 0 Å². The first kappa shape index (κ1) is 27.3. The van der Waals surface area contributed by atoms with Crippen LogP contribution in [0.1, 0.15) is 128 Å². The largest absolute Gasteiger partial charge is 0.0730 e. The van der Waals surface area contributed by atoms with E-state index in [2.05, 4.69) is 83.1 Å². The monoisotopic (exact) mass is 494 g/mol. The van der Waals surface area contributed by atoms with Crippen molar-refractivity contribution in [2.75, 3.05) is 0 Å². The maximum atomic E-state index is 2.80.